The lowest BCUT2D eigenvalue weighted by molar-refractivity contribution is -0.118. The minimum absolute atomic E-state index is 0.0640. The van der Waals surface area contributed by atoms with Crippen LogP contribution in [0.15, 0.2) is 23.6 Å². The highest BCUT2D eigenvalue weighted by Gasteiger charge is 2.17. The molecule has 0 aliphatic carbocycles. The van der Waals surface area contributed by atoms with Crippen molar-refractivity contribution in [2.24, 2.45) is 0 Å². The fraction of sp³-hybridized carbons (Fsp3) is 0.333. The zero-order chi connectivity index (χ0) is 15.5. The Hall–Kier alpha value is -2.12. The first-order valence-electron chi connectivity index (χ1n) is 6.94. The summed E-state index contributed by atoms with van der Waals surface area (Å²) in [6, 6.07) is 5.86. The Morgan fingerprint density at radius 3 is 3.23 bits per heavy atom. The molecule has 7 heteroatoms. The molecule has 6 nitrogen and oxygen atoms in total. The summed E-state index contributed by atoms with van der Waals surface area (Å²) >= 11 is 1.54. The molecule has 1 aliphatic heterocycles. The van der Waals surface area contributed by atoms with Gasteiger partial charge in [0.15, 0.2) is 11.7 Å². The lowest BCUT2D eigenvalue weighted by Gasteiger charge is -2.18. The van der Waals surface area contributed by atoms with E-state index in [0.29, 0.717) is 18.0 Å². The Kier molecular flexibility index (Phi) is 4.26. The summed E-state index contributed by atoms with van der Waals surface area (Å²) in [6.45, 7) is 2.72. The number of methoxy groups -OCH3 is 1. The number of rotatable bonds is 5. The molecule has 116 valence electrons. The minimum Gasteiger partial charge on any atom is -0.482 e. The van der Waals surface area contributed by atoms with Gasteiger partial charge in [-0.05, 0) is 25.1 Å². The average Bonchev–Trinajstić information content (AvgIpc) is 2.95. The second-order valence-corrected chi connectivity index (χ2v) is 5.94. The van der Waals surface area contributed by atoms with Crippen LogP contribution in [0.1, 0.15) is 6.92 Å². The minimum atomic E-state index is -0.140. The molecule has 0 radical (unpaired) electrons. The van der Waals surface area contributed by atoms with Gasteiger partial charge in [-0.25, -0.2) is 4.98 Å². The van der Waals surface area contributed by atoms with Gasteiger partial charge in [0, 0.05) is 24.1 Å². The van der Waals surface area contributed by atoms with Gasteiger partial charge >= 0.3 is 0 Å². The number of thiazole rings is 1. The number of nitrogens with one attached hydrogen (secondary N) is 2. The zero-order valence-electron chi connectivity index (χ0n) is 12.4. The maximum absolute atomic E-state index is 11.4. The summed E-state index contributed by atoms with van der Waals surface area (Å²) in [5.74, 6) is 0.546. The van der Waals surface area contributed by atoms with Crippen molar-refractivity contribution in [3.8, 4) is 17.0 Å². The van der Waals surface area contributed by atoms with Crippen molar-refractivity contribution < 1.29 is 14.3 Å². The molecule has 22 heavy (non-hydrogen) atoms. The lowest BCUT2D eigenvalue weighted by atomic mass is 10.1. The van der Waals surface area contributed by atoms with Gasteiger partial charge in [0.2, 0.25) is 0 Å². The molecule has 1 aliphatic rings. The predicted molar refractivity (Wildman–Crippen MR) is 86.6 cm³/mol. The van der Waals surface area contributed by atoms with Gasteiger partial charge in [0.25, 0.3) is 5.91 Å². The van der Waals surface area contributed by atoms with E-state index in [1.165, 1.54) is 0 Å². The van der Waals surface area contributed by atoms with Crippen LogP contribution in [0.4, 0.5) is 10.8 Å². The standard InChI is InChI=1S/C15H17N3O3S/c1-9(6-20-2)16-15-18-12(8-22-15)10-3-4-13-11(5-10)17-14(19)7-21-13/h3-5,8-9H,6-7H2,1-2H3,(H,16,18)(H,17,19)/t9-/m0/s1. The van der Waals surface area contributed by atoms with Crippen LogP contribution in [0, 0.1) is 0 Å². The van der Waals surface area contributed by atoms with Gasteiger partial charge in [-0.3, -0.25) is 4.79 Å². The summed E-state index contributed by atoms with van der Waals surface area (Å²) in [5, 5.41) is 8.92. The van der Waals surface area contributed by atoms with Crippen LogP contribution in [-0.2, 0) is 9.53 Å². The van der Waals surface area contributed by atoms with Crippen LogP contribution in [0.3, 0.4) is 0 Å². The van der Waals surface area contributed by atoms with Crippen molar-refractivity contribution in [2.75, 3.05) is 31.0 Å². The van der Waals surface area contributed by atoms with Crippen LogP contribution in [0.5, 0.6) is 5.75 Å². The van der Waals surface area contributed by atoms with E-state index in [1.54, 1.807) is 18.4 Å². The van der Waals surface area contributed by atoms with E-state index in [1.807, 2.05) is 30.5 Å². The van der Waals surface area contributed by atoms with Crippen LogP contribution in [-0.4, -0.2) is 37.3 Å². The van der Waals surface area contributed by atoms with Crippen molar-refractivity contribution in [1.29, 1.82) is 0 Å². The molecular formula is C15H17N3O3S. The molecule has 2 N–H and O–H groups in total. The fourth-order valence-electron chi connectivity index (χ4n) is 2.22. The molecule has 1 aromatic carbocycles. The third-order valence-corrected chi connectivity index (χ3v) is 3.97. The van der Waals surface area contributed by atoms with Crippen molar-refractivity contribution in [1.82, 2.24) is 4.98 Å². The third kappa shape index (κ3) is 3.20. The van der Waals surface area contributed by atoms with Crippen molar-refractivity contribution >= 4 is 28.1 Å². The highest BCUT2D eigenvalue weighted by Crippen LogP contribution is 2.33. The first-order chi connectivity index (χ1) is 10.7. The monoisotopic (exact) mass is 319 g/mol. The largest absolute Gasteiger partial charge is 0.482 e. The Labute approximate surface area is 132 Å². The topological polar surface area (TPSA) is 72.5 Å². The second kappa shape index (κ2) is 6.33. The number of fused-ring (bicyclic) bond motifs is 1. The first kappa shape index (κ1) is 14.8. The second-order valence-electron chi connectivity index (χ2n) is 5.09. The highest BCUT2D eigenvalue weighted by atomic mass is 32.1. The number of hydrogen-bond donors (Lipinski definition) is 2. The van der Waals surface area contributed by atoms with E-state index >= 15 is 0 Å². The number of nitrogens with zero attached hydrogens (tertiary/aromatic N) is 1. The molecule has 1 atom stereocenters. The number of hydrogen-bond acceptors (Lipinski definition) is 6. The molecule has 0 spiro atoms. The Balaban J connectivity index is 1.78. The summed E-state index contributed by atoms with van der Waals surface area (Å²) in [5.41, 5.74) is 2.48. The number of ether oxygens (including phenoxy) is 2. The van der Waals surface area contributed by atoms with E-state index in [9.17, 15) is 4.79 Å². The van der Waals surface area contributed by atoms with E-state index in [-0.39, 0.29) is 18.6 Å². The quantitative estimate of drug-likeness (QED) is 0.886. The molecule has 0 saturated carbocycles. The number of anilines is 2. The van der Waals surface area contributed by atoms with Crippen LogP contribution >= 0.6 is 11.3 Å². The van der Waals surface area contributed by atoms with Gasteiger partial charge in [0.05, 0.1) is 18.0 Å². The zero-order valence-corrected chi connectivity index (χ0v) is 13.2. The number of aromatic nitrogens is 1. The molecule has 0 unspecified atom stereocenters. The van der Waals surface area contributed by atoms with Crippen molar-refractivity contribution in [3.63, 3.8) is 0 Å². The number of carbonyl (C=O) groups excluding carboxylic acids is 1. The van der Waals surface area contributed by atoms with E-state index in [2.05, 4.69) is 15.6 Å². The molecule has 2 heterocycles. The predicted octanol–water partition coefficient (Wildman–Crippen LogP) is 2.59. The Morgan fingerprint density at radius 1 is 1.55 bits per heavy atom. The fourth-order valence-corrected chi connectivity index (χ4v) is 3.05. The smallest absolute Gasteiger partial charge is 0.262 e. The molecule has 2 aromatic rings. The SMILES string of the molecule is COC[C@H](C)Nc1nc(-c2ccc3c(c2)NC(=O)CO3)cs1. The number of amides is 1. The molecule has 1 amide bonds. The van der Waals surface area contributed by atoms with E-state index < -0.39 is 0 Å². The average molecular weight is 319 g/mol. The summed E-state index contributed by atoms with van der Waals surface area (Å²) in [7, 11) is 1.68. The lowest BCUT2D eigenvalue weighted by Crippen LogP contribution is -2.25. The van der Waals surface area contributed by atoms with Crippen molar-refractivity contribution in [2.45, 2.75) is 13.0 Å². The van der Waals surface area contributed by atoms with Gasteiger partial charge < -0.3 is 20.1 Å². The summed E-state index contributed by atoms with van der Waals surface area (Å²) in [6.07, 6.45) is 0. The van der Waals surface area contributed by atoms with Gasteiger partial charge in [-0.15, -0.1) is 11.3 Å². The van der Waals surface area contributed by atoms with Crippen molar-refractivity contribution in [3.05, 3.63) is 23.6 Å². The third-order valence-electron chi connectivity index (χ3n) is 3.20. The Bertz CT molecular complexity index is 686. The van der Waals surface area contributed by atoms with Gasteiger partial charge in [-0.2, -0.15) is 0 Å². The molecule has 0 saturated heterocycles. The van der Waals surface area contributed by atoms with E-state index in [4.69, 9.17) is 9.47 Å². The highest BCUT2D eigenvalue weighted by molar-refractivity contribution is 7.14. The molecular weight excluding hydrogens is 302 g/mol. The number of benzene rings is 1. The maximum atomic E-state index is 11.4. The summed E-state index contributed by atoms with van der Waals surface area (Å²) < 4.78 is 10.5. The summed E-state index contributed by atoms with van der Waals surface area (Å²) in [4.78, 5) is 16.0. The van der Waals surface area contributed by atoms with Crippen LogP contribution < -0.4 is 15.4 Å². The molecule has 0 fully saturated rings. The van der Waals surface area contributed by atoms with Crippen LogP contribution in [0.2, 0.25) is 0 Å². The normalized spacial score (nSPS) is 14.7. The van der Waals surface area contributed by atoms with Gasteiger partial charge in [-0.1, -0.05) is 0 Å². The van der Waals surface area contributed by atoms with E-state index in [0.717, 1.165) is 16.4 Å². The first-order valence-corrected chi connectivity index (χ1v) is 7.82. The van der Waals surface area contributed by atoms with Crippen LogP contribution in [0.25, 0.3) is 11.3 Å². The molecule has 0 bridgehead atoms. The van der Waals surface area contributed by atoms with Gasteiger partial charge in [0.1, 0.15) is 5.75 Å². The Morgan fingerprint density at radius 2 is 2.41 bits per heavy atom. The number of carbonyl (C=O) groups is 1. The maximum Gasteiger partial charge on any atom is 0.262 e. The molecule has 3 rings (SSSR count). The molecule has 1 aromatic heterocycles.